The maximum atomic E-state index is 11.8. The number of amides is 1. The van der Waals surface area contributed by atoms with Crippen LogP contribution >= 0.6 is 0 Å². The Labute approximate surface area is 124 Å². The summed E-state index contributed by atoms with van der Waals surface area (Å²) in [6.07, 6.45) is 1.14. The van der Waals surface area contributed by atoms with Crippen molar-refractivity contribution in [3.63, 3.8) is 0 Å². The molecule has 2 aromatic carbocycles. The van der Waals surface area contributed by atoms with Gasteiger partial charge in [-0.2, -0.15) is 5.26 Å². The summed E-state index contributed by atoms with van der Waals surface area (Å²) in [5, 5.41) is 11.6. The average molecular weight is 279 g/mol. The molecule has 0 aliphatic heterocycles. The Kier molecular flexibility index (Phi) is 4.94. The van der Waals surface area contributed by atoms with Crippen molar-refractivity contribution in [3.05, 3.63) is 65.2 Å². The molecule has 106 valence electrons. The van der Waals surface area contributed by atoms with Gasteiger partial charge < -0.3 is 11.1 Å². The zero-order valence-corrected chi connectivity index (χ0v) is 11.7. The molecule has 0 atom stereocenters. The van der Waals surface area contributed by atoms with Crippen LogP contribution in [-0.2, 0) is 17.8 Å². The molecule has 1 amide bonds. The van der Waals surface area contributed by atoms with Crippen LogP contribution in [0.5, 0.6) is 0 Å². The van der Waals surface area contributed by atoms with Crippen LogP contribution in [0.4, 0.5) is 5.69 Å². The number of nitrogens with zero attached hydrogens (tertiary/aromatic N) is 1. The topological polar surface area (TPSA) is 78.9 Å². The molecule has 2 aromatic rings. The molecule has 0 aliphatic carbocycles. The summed E-state index contributed by atoms with van der Waals surface area (Å²) in [5.74, 6) is 0.0104. The number of nitrogens with one attached hydrogen (secondary N) is 1. The van der Waals surface area contributed by atoms with Gasteiger partial charge in [0.1, 0.15) is 0 Å². The first kappa shape index (κ1) is 14.6. The highest BCUT2D eigenvalue weighted by atomic mass is 16.1. The first-order valence-corrected chi connectivity index (χ1v) is 6.77. The van der Waals surface area contributed by atoms with Crippen LogP contribution in [0.25, 0.3) is 0 Å². The van der Waals surface area contributed by atoms with E-state index in [-0.39, 0.29) is 5.91 Å². The van der Waals surface area contributed by atoms with Gasteiger partial charge in [-0.25, -0.2) is 0 Å². The fourth-order valence-corrected chi connectivity index (χ4v) is 1.93. The summed E-state index contributed by atoms with van der Waals surface area (Å²) >= 11 is 0. The van der Waals surface area contributed by atoms with Crippen LogP contribution < -0.4 is 11.1 Å². The van der Waals surface area contributed by atoms with E-state index in [1.165, 1.54) is 0 Å². The minimum atomic E-state index is 0.0104. The molecule has 0 spiro atoms. The number of rotatable bonds is 5. The number of aryl methyl sites for hydroxylation is 1. The standard InChI is InChI=1S/C17H17N3O/c18-11-14-1-3-15(4-2-14)12-20-17(21)10-7-13-5-8-16(19)9-6-13/h1-6,8-9H,7,10,12,19H2,(H,20,21). The summed E-state index contributed by atoms with van der Waals surface area (Å²) < 4.78 is 0. The van der Waals surface area contributed by atoms with Gasteiger partial charge in [0.05, 0.1) is 11.6 Å². The number of carbonyl (C=O) groups is 1. The summed E-state index contributed by atoms with van der Waals surface area (Å²) in [5.41, 5.74) is 9.04. The lowest BCUT2D eigenvalue weighted by Crippen LogP contribution is -2.22. The number of nitrogens with two attached hydrogens (primary N) is 1. The minimum Gasteiger partial charge on any atom is -0.399 e. The van der Waals surface area contributed by atoms with Crippen LogP contribution in [0.2, 0.25) is 0 Å². The maximum absolute atomic E-state index is 11.8. The second kappa shape index (κ2) is 7.11. The summed E-state index contributed by atoms with van der Waals surface area (Å²) in [7, 11) is 0. The summed E-state index contributed by atoms with van der Waals surface area (Å²) in [4.78, 5) is 11.8. The van der Waals surface area contributed by atoms with E-state index in [4.69, 9.17) is 11.0 Å². The Bertz CT molecular complexity index is 639. The second-order valence-corrected chi connectivity index (χ2v) is 4.83. The number of carbonyl (C=O) groups excluding carboxylic acids is 1. The number of nitriles is 1. The molecule has 0 saturated heterocycles. The minimum absolute atomic E-state index is 0.0104. The Morgan fingerprint density at radius 2 is 1.67 bits per heavy atom. The van der Waals surface area contributed by atoms with Gasteiger partial charge in [-0.3, -0.25) is 4.79 Å². The number of hydrogen-bond donors (Lipinski definition) is 2. The molecule has 4 nitrogen and oxygen atoms in total. The van der Waals surface area contributed by atoms with E-state index >= 15 is 0 Å². The van der Waals surface area contributed by atoms with Crippen molar-refractivity contribution in [2.24, 2.45) is 0 Å². The normalized spacial score (nSPS) is 9.86. The lowest BCUT2D eigenvalue weighted by Gasteiger charge is -2.06. The molecular weight excluding hydrogens is 262 g/mol. The molecule has 0 bridgehead atoms. The predicted octanol–water partition coefficient (Wildman–Crippen LogP) is 2.39. The fourth-order valence-electron chi connectivity index (χ4n) is 1.93. The largest absolute Gasteiger partial charge is 0.399 e. The molecule has 3 N–H and O–H groups in total. The molecule has 0 unspecified atom stereocenters. The van der Waals surface area contributed by atoms with Gasteiger partial charge in [-0.1, -0.05) is 24.3 Å². The van der Waals surface area contributed by atoms with E-state index in [0.717, 1.165) is 16.8 Å². The first-order valence-electron chi connectivity index (χ1n) is 6.77. The van der Waals surface area contributed by atoms with Crippen molar-refractivity contribution in [3.8, 4) is 6.07 Å². The van der Waals surface area contributed by atoms with Gasteiger partial charge in [0.2, 0.25) is 5.91 Å². The van der Waals surface area contributed by atoms with Gasteiger partial charge in [-0.15, -0.1) is 0 Å². The van der Waals surface area contributed by atoms with Crippen LogP contribution in [0.1, 0.15) is 23.1 Å². The molecule has 0 aliphatic rings. The van der Waals surface area contributed by atoms with E-state index in [1.54, 1.807) is 12.1 Å². The molecule has 0 fully saturated rings. The van der Waals surface area contributed by atoms with Crippen LogP contribution in [0.3, 0.4) is 0 Å². The molecule has 0 saturated carbocycles. The Morgan fingerprint density at radius 1 is 1.05 bits per heavy atom. The van der Waals surface area contributed by atoms with Gasteiger partial charge in [0.25, 0.3) is 0 Å². The van der Waals surface area contributed by atoms with Gasteiger partial charge in [-0.05, 0) is 41.8 Å². The number of anilines is 1. The van der Waals surface area contributed by atoms with E-state index in [2.05, 4.69) is 11.4 Å². The van der Waals surface area contributed by atoms with E-state index in [1.807, 2.05) is 36.4 Å². The Hall–Kier alpha value is -2.80. The molecule has 21 heavy (non-hydrogen) atoms. The molecule has 0 aromatic heterocycles. The van der Waals surface area contributed by atoms with Gasteiger partial charge in [0.15, 0.2) is 0 Å². The highest BCUT2D eigenvalue weighted by molar-refractivity contribution is 5.76. The average Bonchev–Trinajstić information content (AvgIpc) is 2.53. The Balaban J connectivity index is 1.76. The van der Waals surface area contributed by atoms with Crippen molar-refractivity contribution < 1.29 is 4.79 Å². The monoisotopic (exact) mass is 279 g/mol. The lowest BCUT2D eigenvalue weighted by molar-refractivity contribution is -0.121. The smallest absolute Gasteiger partial charge is 0.220 e. The van der Waals surface area contributed by atoms with Crippen LogP contribution in [0, 0.1) is 11.3 Å². The highest BCUT2D eigenvalue weighted by Crippen LogP contribution is 2.08. The van der Waals surface area contributed by atoms with Crippen molar-refractivity contribution >= 4 is 11.6 Å². The third kappa shape index (κ3) is 4.66. The molecule has 0 heterocycles. The van der Waals surface area contributed by atoms with Crippen molar-refractivity contribution in [2.45, 2.75) is 19.4 Å². The Morgan fingerprint density at radius 3 is 2.29 bits per heavy atom. The highest BCUT2D eigenvalue weighted by Gasteiger charge is 2.02. The zero-order chi connectivity index (χ0) is 15.1. The summed E-state index contributed by atoms with van der Waals surface area (Å²) in [6, 6.07) is 16.8. The number of nitrogen functional groups attached to an aromatic ring is 1. The third-order valence-corrected chi connectivity index (χ3v) is 3.19. The van der Waals surface area contributed by atoms with Crippen molar-refractivity contribution in [1.82, 2.24) is 5.32 Å². The van der Waals surface area contributed by atoms with Crippen LogP contribution in [-0.4, -0.2) is 5.91 Å². The van der Waals surface area contributed by atoms with E-state index < -0.39 is 0 Å². The lowest BCUT2D eigenvalue weighted by atomic mass is 10.1. The van der Waals surface area contributed by atoms with E-state index in [9.17, 15) is 4.79 Å². The summed E-state index contributed by atoms with van der Waals surface area (Å²) in [6.45, 7) is 0.478. The predicted molar refractivity (Wildman–Crippen MR) is 82.2 cm³/mol. The zero-order valence-electron chi connectivity index (χ0n) is 11.7. The van der Waals surface area contributed by atoms with Crippen LogP contribution in [0.15, 0.2) is 48.5 Å². The SMILES string of the molecule is N#Cc1ccc(CNC(=O)CCc2ccc(N)cc2)cc1. The van der Waals surface area contributed by atoms with Crippen molar-refractivity contribution in [2.75, 3.05) is 5.73 Å². The molecule has 4 heteroatoms. The van der Waals surface area contributed by atoms with Gasteiger partial charge in [0, 0.05) is 18.7 Å². The second-order valence-electron chi connectivity index (χ2n) is 4.83. The third-order valence-electron chi connectivity index (χ3n) is 3.19. The molecule has 2 rings (SSSR count). The van der Waals surface area contributed by atoms with E-state index in [0.29, 0.717) is 24.9 Å². The van der Waals surface area contributed by atoms with Crippen molar-refractivity contribution in [1.29, 1.82) is 5.26 Å². The first-order chi connectivity index (χ1) is 10.2. The number of benzene rings is 2. The number of hydrogen-bond acceptors (Lipinski definition) is 3. The van der Waals surface area contributed by atoms with Gasteiger partial charge >= 0.3 is 0 Å². The molecule has 0 radical (unpaired) electrons. The molecular formula is C17H17N3O. The quantitative estimate of drug-likeness (QED) is 0.825. The maximum Gasteiger partial charge on any atom is 0.220 e. The fraction of sp³-hybridized carbons (Fsp3) is 0.176.